The van der Waals surface area contributed by atoms with Crippen LogP contribution in [0.3, 0.4) is 0 Å². The topological polar surface area (TPSA) is 34.9 Å². The Kier molecular flexibility index (Phi) is 4.95. The summed E-state index contributed by atoms with van der Waals surface area (Å²) in [7, 11) is 0. The summed E-state index contributed by atoms with van der Waals surface area (Å²) in [5.41, 5.74) is 4.14. The first-order valence-electron chi connectivity index (χ1n) is 7.24. The van der Waals surface area contributed by atoms with Gasteiger partial charge in [0.25, 0.3) is 0 Å². The Balaban J connectivity index is 2.26. The SMILES string of the molecule is Cc1c(CC=O)nn(-c2ccc(Cl)cc2Cl)c1-c1ccc(Cl)cc1. The molecule has 0 unspecified atom stereocenters. The molecule has 0 amide bonds. The van der Waals surface area contributed by atoms with E-state index in [-0.39, 0.29) is 6.42 Å². The van der Waals surface area contributed by atoms with E-state index < -0.39 is 0 Å². The van der Waals surface area contributed by atoms with Crippen molar-refractivity contribution < 1.29 is 4.79 Å². The number of hydrogen-bond donors (Lipinski definition) is 0. The smallest absolute Gasteiger partial charge is 0.126 e. The van der Waals surface area contributed by atoms with Crippen LogP contribution in [0, 0.1) is 6.92 Å². The van der Waals surface area contributed by atoms with Crippen LogP contribution in [0.25, 0.3) is 16.9 Å². The average Bonchev–Trinajstić information content (AvgIpc) is 2.85. The molecule has 0 aliphatic carbocycles. The number of hydrogen-bond acceptors (Lipinski definition) is 2. The number of nitrogens with zero attached hydrogens (tertiary/aromatic N) is 2. The van der Waals surface area contributed by atoms with Gasteiger partial charge in [0.2, 0.25) is 0 Å². The van der Waals surface area contributed by atoms with Crippen molar-refractivity contribution >= 4 is 41.1 Å². The molecule has 0 bridgehead atoms. The van der Waals surface area contributed by atoms with Crippen molar-refractivity contribution in [2.24, 2.45) is 0 Å². The molecule has 0 aliphatic heterocycles. The first-order valence-corrected chi connectivity index (χ1v) is 8.38. The number of halogens is 3. The zero-order valence-electron chi connectivity index (χ0n) is 12.8. The summed E-state index contributed by atoms with van der Waals surface area (Å²) in [6.45, 7) is 1.94. The molecule has 122 valence electrons. The van der Waals surface area contributed by atoms with Crippen LogP contribution in [-0.4, -0.2) is 16.1 Å². The molecule has 24 heavy (non-hydrogen) atoms. The molecule has 0 saturated heterocycles. The number of carbonyl (C=O) groups is 1. The molecule has 0 spiro atoms. The van der Waals surface area contributed by atoms with Gasteiger partial charge in [0, 0.05) is 22.0 Å². The standard InChI is InChI=1S/C18H13Cl3N2O/c1-11-16(8-9-24)22-23(17-7-6-14(20)10-15(17)21)18(11)12-2-4-13(19)5-3-12/h2-7,9-10H,8H2,1H3. The van der Waals surface area contributed by atoms with Crippen LogP contribution >= 0.6 is 34.8 Å². The van der Waals surface area contributed by atoms with Crippen molar-refractivity contribution in [3.05, 3.63) is 68.8 Å². The van der Waals surface area contributed by atoms with E-state index in [1.807, 2.05) is 31.2 Å². The fraction of sp³-hybridized carbons (Fsp3) is 0.111. The lowest BCUT2D eigenvalue weighted by Gasteiger charge is -2.11. The lowest BCUT2D eigenvalue weighted by Crippen LogP contribution is -2.01. The molecule has 3 rings (SSSR count). The van der Waals surface area contributed by atoms with Crippen molar-refractivity contribution in [2.75, 3.05) is 0 Å². The van der Waals surface area contributed by atoms with Gasteiger partial charge in [-0.2, -0.15) is 5.10 Å². The summed E-state index contributed by atoms with van der Waals surface area (Å²) in [4.78, 5) is 11.0. The van der Waals surface area contributed by atoms with Crippen LogP contribution < -0.4 is 0 Å². The number of rotatable bonds is 4. The van der Waals surface area contributed by atoms with Crippen molar-refractivity contribution in [1.82, 2.24) is 9.78 Å². The number of aldehydes is 1. The Morgan fingerprint density at radius 2 is 1.71 bits per heavy atom. The maximum absolute atomic E-state index is 11.0. The normalized spacial score (nSPS) is 10.8. The van der Waals surface area contributed by atoms with Gasteiger partial charge in [-0.25, -0.2) is 4.68 Å². The Bertz CT molecular complexity index is 901. The number of carbonyl (C=O) groups excluding carboxylic acids is 1. The predicted octanol–water partition coefficient (Wildman–Crippen LogP) is 5.55. The van der Waals surface area contributed by atoms with Crippen LogP contribution in [0.5, 0.6) is 0 Å². The van der Waals surface area contributed by atoms with Gasteiger partial charge in [-0.3, -0.25) is 0 Å². The molecule has 0 aliphatic rings. The van der Waals surface area contributed by atoms with Crippen LogP contribution in [0.1, 0.15) is 11.3 Å². The quantitative estimate of drug-likeness (QED) is 0.557. The molecule has 6 heteroatoms. The average molecular weight is 380 g/mol. The van der Waals surface area contributed by atoms with Gasteiger partial charge in [0.05, 0.1) is 22.1 Å². The third-order valence-electron chi connectivity index (χ3n) is 3.75. The minimum atomic E-state index is 0.241. The molecule has 0 atom stereocenters. The third-order valence-corrected chi connectivity index (χ3v) is 4.54. The van der Waals surface area contributed by atoms with Crippen LogP contribution in [0.2, 0.25) is 15.1 Å². The minimum Gasteiger partial charge on any atom is -0.303 e. The van der Waals surface area contributed by atoms with Crippen molar-refractivity contribution in [1.29, 1.82) is 0 Å². The van der Waals surface area contributed by atoms with Gasteiger partial charge in [-0.05, 0) is 42.8 Å². The first kappa shape index (κ1) is 17.0. The summed E-state index contributed by atoms with van der Waals surface area (Å²) in [6.07, 6.45) is 1.08. The second kappa shape index (κ2) is 6.98. The molecular weight excluding hydrogens is 367 g/mol. The van der Waals surface area contributed by atoms with Crippen LogP contribution in [0.15, 0.2) is 42.5 Å². The van der Waals surface area contributed by atoms with E-state index >= 15 is 0 Å². The lowest BCUT2D eigenvalue weighted by atomic mass is 10.1. The molecule has 1 aromatic heterocycles. The summed E-state index contributed by atoms with van der Waals surface area (Å²) in [6, 6.07) is 12.7. The van der Waals surface area contributed by atoms with E-state index in [0.717, 1.165) is 23.1 Å². The van der Waals surface area contributed by atoms with Gasteiger partial charge in [0.1, 0.15) is 6.29 Å². The number of aromatic nitrogens is 2. The summed E-state index contributed by atoms with van der Waals surface area (Å²) >= 11 is 18.3. The van der Waals surface area contributed by atoms with E-state index in [1.54, 1.807) is 22.9 Å². The van der Waals surface area contributed by atoms with Crippen molar-refractivity contribution in [3.8, 4) is 16.9 Å². The van der Waals surface area contributed by atoms with Crippen molar-refractivity contribution in [2.45, 2.75) is 13.3 Å². The Morgan fingerprint density at radius 1 is 1.04 bits per heavy atom. The van der Waals surface area contributed by atoms with E-state index in [9.17, 15) is 4.79 Å². The maximum atomic E-state index is 11.0. The fourth-order valence-electron chi connectivity index (χ4n) is 2.59. The third kappa shape index (κ3) is 3.20. The fourth-order valence-corrected chi connectivity index (χ4v) is 3.20. The van der Waals surface area contributed by atoms with Crippen LogP contribution in [-0.2, 0) is 11.2 Å². The highest BCUT2D eigenvalue weighted by Gasteiger charge is 2.18. The zero-order chi connectivity index (χ0) is 17.3. The highest BCUT2D eigenvalue weighted by Crippen LogP contribution is 2.33. The molecule has 2 aromatic carbocycles. The monoisotopic (exact) mass is 378 g/mol. The van der Waals surface area contributed by atoms with Crippen LogP contribution in [0.4, 0.5) is 0 Å². The van der Waals surface area contributed by atoms with Gasteiger partial charge in [0.15, 0.2) is 0 Å². The van der Waals surface area contributed by atoms with E-state index in [0.29, 0.717) is 26.4 Å². The predicted molar refractivity (Wildman–Crippen MR) is 98.5 cm³/mol. The second-order valence-electron chi connectivity index (χ2n) is 5.31. The van der Waals surface area contributed by atoms with Gasteiger partial charge >= 0.3 is 0 Å². The second-order valence-corrected chi connectivity index (χ2v) is 6.59. The van der Waals surface area contributed by atoms with E-state index in [2.05, 4.69) is 5.10 Å². The highest BCUT2D eigenvalue weighted by atomic mass is 35.5. The molecule has 0 saturated carbocycles. The first-order chi connectivity index (χ1) is 11.5. The summed E-state index contributed by atoms with van der Waals surface area (Å²) in [5, 5.41) is 6.27. The molecular formula is C18H13Cl3N2O. The Hall–Kier alpha value is -1.81. The summed E-state index contributed by atoms with van der Waals surface area (Å²) in [5.74, 6) is 0. The zero-order valence-corrected chi connectivity index (χ0v) is 15.0. The molecule has 0 N–H and O–H groups in total. The minimum absolute atomic E-state index is 0.241. The Morgan fingerprint density at radius 3 is 2.33 bits per heavy atom. The lowest BCUT2D eigenvalue weighted by molar-refractivity contribution is -0.107. The largest absolute Gasteiger partial charge is 0.303 e. The van der Waals surface area contributed by atoms with Crippen molar-refractivity contribution in [3.63, 3.8) is 0 Å². The molecule has 3 aromatic rings. The molecule has 0 fully saturated rings. The molecule has 3 nitrogen and oxygen atoms in total. The van der Waals surface area contributed by atoms with Gasteiger partial charge in [-0.15, -0.1) is 0 Å². The number of benzene rings is 2. The van der Waals surface area contributed by atoms with Gasteiger partial charge in [-0.1, -0.05) is 46.9 Å². The van der Waals surface area contributed by atoms with Gasteiger partial charge < -0.3 is 4.79 Å². The molecule has 1 heterocycles. The van der Waals surface area contributed by atoms with E-state index in [4.69, 9.17) is 34.8 Å². The highest BCUT2D eigenvalue weighted by molar-refractivity contribution is 6.35. The van der Waals surface area contributed by atoms with E-state index in [1.165, 1.54) is 0 Å². The maximum Gasteiger partial charge on any atom is 0.126 e. The summed E-state index contributed by atoms with van der Waals surface area (Å²) < 4.78 is 1.75. The molecule has 0 radical (unpaired) electrons. The Labute approximate surface area is 154 Å².